The number of hydrogen-bond acceptors (Lipinski definition) is 4. The number of nitriles is 2. The van der Waals surface area contributed by atoms with Gasteiger partial charge in [0.15, 0.2) is 11.6 Å². The minimum Gasteiger partial charge on any atom is -0.298 e. The van der Waals surface area contributed by atoms with Crippen LogP contribution >= 0.6 is 0 Å². The number of carbonyl (C=O) groups excluding carboxylic acids is 2. The summed E-state index contributed by atoms with van der Waals surface area (Å²) in [6, 6.07) is 22.1. The van der Waals surface area contributed by atoms with Crippen LogP contribution in [0.15, 0.2) is 60.7 Å². The second-order valence-electron chi connectivity index (χ2n) is 5.17. The number of benzene rings is 2. The molecule has 0 aliphatic rings. The third kappa shape index (κ3) is 5.51. The fourth-order valence-electron chi connectivity index (χ4n) is 2.09. The summed E-state index contributed by atoms with van der Waals surface area (Å²) in [4.78, 5) is 21.9. The van der Waals surface area contributed by atoms with E-state index in [0.29, 0.717) is 0 Å². The van der Waals surface area contributed by atoms with Gasteiger partial charge in [-0.15, -0.1) is 0 Å². The fourth-order valence-corrected chi connectivity index (χ4v) is 2.09. The van der Waals surface area contributed by atoms with Crippen LogP contribution in [0, 0.1) is 22.7 Å². The van der Waals surface area contributed by atoms with E-state index in [4.69, 9.17) is 10.5 Å². The van der Waals surface area contributed by atoms with Crippen molar-refractivity contribution in [2.45, 2.75) is 25.7 Å². The first-order valence-corrected chi connectivity index (χ1v) is 7.41. The van der Waals surface area contributed by atoms with Crippen LogP contribution < -0.4 is 0 Å². The van der Waals surface area contributed by atoms with Gasteiger partial charge < -0.3 is 0 Å². The fraction of sp³-hybridized carbons (Fsp3) is 0.200. The van der Waals surface area contributed by atoms with E-state index in [9.17, 15) is 9.59 Å². The second kappa shape index (κ2) is 9.71. The lowest BCUT2D eigenvalue weighted by Gasteiger charge is -2.03. The van der Waals surface area contributed by atoms with E-state index in [2.05, 4.69) is 0 Å². The van der Waals surface area contributed by atoms with E-state index < -0.39 is 11.8 Å². The van der Waals surface area contributed by atoms with Gasteiger partial charge in [-0.25, -0.2) is 0 Å². The molecule has 0 aromatic heterocycles. The highest BCUT2D eigenvalue weighted by Crippen LogP contribution is 2.15. The summed E-state index contributed by atoms with van der Waals surface area (Å²) in [7, 11) is 0. The normalized spacial score (nSPS) is 11.7. The summed E-state index contributed by atoms with van der Waals surface area (Å²) in [5.74, 6) is -1.43. The average molecular weight is 318 g/mol. The maximum atomic E-state index is 11.0. The third-order valence-electron chi connectivity index (χ3n) is 3.34. The van der Waals surface area contributed by atoms with Crippen LogP contribution in [0.2, 0.25) is 0 Å². The Morgan fingerprint density at radius 2 is 1.00 bits per heavy atom. The molecule has 2 aromatic rings. The summed E-state index contributed by atoms with van der Waals surface area (Å²) < 4.78 is 0. The second-order valence-corrected chi connectivity index (χ2v) is 5.17. The molecule has 0 fully saturated rings. The zero-order chi connectivity index (χ0) is 17.9. The molecule has 0 aliphatic heterocycles. The molecule has 0 N–H and O–H groups in total. The molecule has 0 saturated heterocycles. The minimum absolute atomic E-state index is 0.108. The van der Waals surface area contributed by atoms with Gasteiger partial charge in [-0.05, 0) is 25.0 Å². The Morgan fingerprint density at radius 1 is 0.708 bits per heavy atom. The van der Waals surface area contributed by atoms with Crippen molar-refractivity contribution >= 4 is 11.6 Å². The first kappa shape index (κ1) is 18.8. The van der Waals surface area contributed by atoms with E-state index in [1.54, 1.807) is 24.3 Å². The Balaban J connectivity index is 0.000000240. The summed E-state index contributed by atoms with van der Waals surface area (Å²) >= 11 is 0. The smallest absolute Gasteiger partial charge is 0.151 e. The molecule has 2 unspecified atom stereocenters. The highest BCUT2D eigenvalue weighted by Gasteiger charge is 2.15. The molecule has 4 heteroatoms. The zero-order valence-corrected chi connectivity index (χ0v) is 13.6. The van der Waals surface area contributed by atoms with Crippen molar-refractivity contribution in [3.63, 3.8) is 0 Å². The molecular weight excluding hydrogens is 300 g/mol. The molecule has 0 saturated carbocycles. The van der Waals surface area contributed by atoms with Crippen molar-refractivity contribution in [2.75, 3.05) is 0 Å². The highest BCUT2D eigenvalue weighted by molar-refractivity contribution is 5.86. The third-order valence-corrected chi connectivity index (χ3v) is 3.34. The maximum absolute atomic E-state index is 11.0. The lowest BCUT2D eigenvalue weighted by molar-refractivity contribution is -0.118. The molecule has 2 aromatic carbocycles. The van der Waals surface area contributed by atoms with Crippen molar-refractivity contribution in [3.05, 3.63) is 71.8 Å². The molecular formula is C20H18N2O2. The number of Topliss-reactive ketones (excluding diaryl/α,β-unsaturated/α-hetero) is 2. The molecule has 0 radical (unpaired) electrons. The number of rotatable bonds is 4. The van der Waals surface area contributed by atoms with E-state index in [1.807, 2.05) is 48.5 Å². The molecule has 0 aliphatic carbocycles. The summed E-state index contributed by atoms with van der Waals surface area (Å²) in [6.07, 6.45) is 0. The maximum Gasteiger partial charge on any atom is 0.151 e. The van der Waals surface area contributed by atoms with Crippen LogP contribution in [0.1, 0.15) is 36.8 Å². The Labute approximate surface area is 142 Å². The van der Waals surface area contributed by atoms with Crippen molar-refractivity contribution in [1.29, 1.82) is 10.5 Å². The minimum atomic E-state index is -0.605. The SMILES string of the molecule is CC(=O)C(C#N)c1ccccc1.CC(=O)C(C#N)c1ccccc1. The predicted octanol–water partition coefficient (Wildman–Crippen LogP) is 3.77. The average Bonchev–Trinajstić information content (AvgIpc) is 2.58. The summed E-state index contributed by atoms with van der Waals surface area (Å²) in [5, 5.41) is 17.4. The number of nitrogens with zero attached hydrogens (tertiary/aromatic N) is 2. The molecule has 0 heterocycles. The first-order valence-electron chi connectivity index (χ1n) is 7.41. The number of hydrogen-bond donors (Lipinski definition) is 0. The van der Waals surface area contributed by atoms with Gasteiger partial charge in [-0.1, -0.05) is 60.7 Å². The molecule has 2 rings (SSSR count). The van der Waals surface area contributed by atoms with Gasteiger partial charge in [0.2, 0.25) is 0 Å². The van der Waals surface area contributed by atoms with Gasteiger partial charge in [-0.2, -0.15) is 10.5 Å². The molecule has 0 bridgehead atoms. The quantitative estimate of drug-likeness (QED) is 0.859. The van der Waals surface area contributed by atoms with Crippen molar-refractivity contribution in [1.82, 2.24) is 0 Å². The van der Waals surface area contributed by atoms with Crippen molar-refractivity contribution < 1.29 is 9.59 Å². The van der Waals surface area contributed by atoms with Crippen LogP contribution in [-0.4, -0.2) is 11.6 Å². The first-order chi connectivity index (χ1) is 11.5. The van der Waals surface area contributed by atoms with Crippen LogP contribution in [-0.2, 0) is 9.59 Å². The molecule has 2 atom stereocenters. The molecule has 120 valence electrons. The highest BCUT2D eigenvalue weighted by atomic mass is 16.1. The van der Waals surface area contributed by atoms with Gasteiger partial charge in [-0.3, -0.25) is 9.59 Å². The van der Waals surface area contributed by atoms with Gasteiger partial charge in [0, 0.05) is 0 Å². The standard InChI is InChI=1S/2C10H9NO/c2*1-8(12)10(7-11)9-5-3-2-4-6-9/h2*2-6,10H,1H3. The van der Waals surface area contributed by atoms with E-state index in [0.717, 1.165) is 11.1 Å². The summed E-state index contributed by atoms with van der Waals surface area (Å²) in [6.45, 7) is 2.86. The Morgan fingerprint density at radius 3 is 1.21 bits per heavy atom. The van der Waals surface area contributed by atoms with Gasteiger partial charge in [0.05, 0.1) is 12.1 Å². The van der Waals surface area contributed by atoms with E-state index >= 15 is 0 Å². The van der Waals surface area contributed by atoms with Crippen molar-refractivity contribution in [2.24, 2.45) is 0 Å². The topological polar surface area (TPSA) is 81.7 Å². The molecule has 0 amide bonds. The lowest BCUT2D eigenvalue weighted by Crippen LogP contribution is -2.05. The van der Waals surface area contributed by atoms with Crippen molar-refractivity contribution in [3.8, 4) is 12.1 Å². The van der Waals surface area contributed by atoms with E-state index in [-0.39, 0.29) is 11.6 Å². The van der Waals surface area contributed by atoms with Crippen LogP contribution in [0.3, 0.4) is 0 Å². The lowest BCUT2D eigenvalue weighted by atomic mass is 9.97. The Bertz CT molecular complexity index is 688. The van der Waals surface area contributed by atoms with E-state index in [1.165, 1.54) is 13.8 Å². The monoisotopic (exact) mass is 318 g/mol. The Hall–Kier alpha value is -3.24. The van der Waals surface area contributed by atoms with Gasteiger partial charge in [0.25, 0.3) is 0 Å². The zero-order valence-electron chi connectivity index (χ0n) is 13.6. The van der Waals surface area contributed by atoms with Crippen LogP contribution in [0.5, 0.6) is 0 Å². The summed E-state index contributed by atoms with van der Waals surface area (Å²) in [5.41, 5.74) is 1.54. The van der Waals surface area contributed by atoms with Gasteiger partial charge in [0.1, 0.15) is 11.8 Å². The molecule has 24 heavy (non-hydrogen) atoms. The molecule has 4 nitrogen and oxygen atoms in total. The Kier molecular flexibility index (Phi) is 7.61. The van der Waals surface area contributed by atoms with Crippen LogP contribution in [0.4, 0.5) is 0 Å². The van der Waals surface area contributed by atoms with Gasteiger partial charge >= 0.3 is 0 Å². The predicted molar refractivity (Wildman–Crippen MR) is 91.0 cm³/mol. The number of carbonyl (C=O) groups is 2. The largest absolute Gasteiger partial charge is 0.298 e. The van der Waals surface area contributed by atoms with Crippen LogP contribution in [0.25, 0.3) is 0 Å². The number of ketones is 2. The molecule has 0 spiro atoms.